The molecule has 0 unspecified atom stereocenters. The van der Waals surface area contributed by atoms with E-state index in [2.05, 4.69) is 50.0 Å². The molecule has 0 bridgehead atoms. The molecule has 1 fully saturated rings. The topological polar surface area (TPSA) is 52.7 Å². The van der Waals surface area contributed by atoms with Crippen LogP contribution in [0.25, 0.3) is 0 Å². The third-order valence-electron chi connectivity index (χ3n) is 5.08. The smallest absolute Gasteiger partial charge is 0.225 e. The van der Waals surface area contributed by atoms with Crippen LogP contribution >= 0.6 is 0 Å². The Morgan fingerprint density at radius 2 is 1.81 bits per heavy atom. The molecule has 1 aliphatic rings. The van der Waals surface area contributed by atoms with Crippen molar-refractivity contribution < 1.29 is 9.59 Å². The number of hydrogen-bond donors (Lipinski definition) is 1. The minimum absolute atomic E-state index is 0.00258. The van der Waals surface area contributed by atoms with Gasteiger partial charge < -0.3 is 10.2 Å². The summed E-state index contributed by atoms with van der Waals surface area (Å²) >= 11 is 0. The molecule has 1 aliphatic heterocycles. The second kappa shape index (κ2) is 9.17. The molecule has 5 nitrogen and oxygen atoms in total. The molecule has 26 heavy (non-hydrogen) atoms. The number of carbonyl (C=O) groups is 2. The van der Waals surface area contributed by atoms with Gasteiger partial charge in [-0.25, -0.2) is 0 Å². The lowest BCUT2D eigenvalue weighted by Gasteiger charge is -2.30. The summed E-state index contributed by atoms with van der Waals surface area (Å²) in [6.45, 7) is 13.3. The minimum atomic E-state index is -0.237. The summed E-state index contributed by atoms with van der Waals surface area (Å²) in [5.41, 5.74) is 2.31. The molecule has 0 saturated carbocycles. The maximum absolute atomic E-state index is 12.4. The quantitative estimate of drug-likeness (QED) is 0.776. The van der Waals surface area contributed by atoms with Gasteiger partial charge in [0.15, 0.2) is 0 Å². The van der Waals surface area contributed by atoms with Gasteiger partial charge in [0, 0.05) is 44.7 Å². The highest BCUT2D eigenvalue weighted by Crippen LogP contribution is 2.20. The third-order valence-corrected chi connectivity index (χ3v) is 5.08. The Kier molecular flexibility index (Phi) is 7.21. The lowest BCUT2D eigenvalue weighted by molar-refractivity contribution is -0.129. The Morgan fingerprint density at radius 1 is 1.19 bits per heavy atom. The van der Waals surface area contributed by atoms with Crippen LogP contribution in [-0.4, -0.2) is 53.3 Å². The Hall–Kier alpha value is -1.88. The van der Waals surface area contributed by atoms with E-state index in [-0.39, 0.29) is 17.7 Å². The lowest BCUT2D eigenvalue weighted by Crippen LogP contribution is -2.43. The van der Waals surface area contributed by atoms with Crippen molar-refractivity contribution in [1.29, 1.82) is 0 Å². The van der Waals surface area contributed by atoms with Gasteiger partial charge in [-0.1, -0.05) is 29.8 Å². The predicted molar refractivity (Wildman–Crippen MR) is 105 cm³/mol. The summed E-state index contributed by atoms with van der Waals surface area (Å²) in [6.07, 6.45) is 0.315. The Labute approximate surface area is 157 Å². The Morgan fingerprint density at radius 3 is 2.38 bits per heavy atom. The van der Waals surface area contributed by atoms with E-state index in [0.29, 0.717) is 38.1 Å². The minimum Gasteiger partial charge on any atom is -0.355 e. The van der Waals surface area contributed by atoms with Crippen molar-refractivity contribution in [2.75, 3.05) is 19.6 Å². The van der Waals surface area contributed by atoms with Gasteiger partial charge >= 0.3 is 0 Å². The second-order valence-electron chi connectivity index (χ2n) is 7.88. The van der Waals surface area contributed by atoms with E-state index in [1.165, 1.54) is 5.56 Å². The molecule has 1 N–H and O–H groups in total. The fraction of sp³-hybridized carbons (Fsp3) is 0.619. The van der Waals surface area contributed by atoms with Crippen LogP contribution in [0, 0.1) is 12.8 Å². The van der Waals surface area contributed by atoms with Gasteiger partial charge in [-0.05, 0) is 40.2 Å². The second-order valence-corrected chi connectivity index (χ2v) is 7.88. The Bertz CT molecular complexity index is 602. The maximum atomic E-state index is 12.4. The summed E-state index contributed by atoms with van der Waals surface area (Å²) < 4.78 is 0. The van der Waals surface area contributed by atoms with Gasteiger partial charge in [-0.2, -0.15) is 0 Å². The van der Waals surface area contributed by atoms with Crippen LogP contribution < -0.4 is 5.32 Å². The molecular weight excluding hydrogens is 326 g/mol. The monoisotopic (exact) mass is 359 g/mol. The number of nitrogens with zero attached hydrogens (tertiary/aromatic N) is 2. The van der Waals surface area contributed by atoms with Crippen molar-refractivity contribution in [1.82, 2.24) is 15.1 Å². The Balaban J connectivity index is 1.81. The zero-order chi connectivity index (χ0) is 19.3. The van der Waals surface area contributed by atoms with E-state index in [9.17, 15) is 9.59 Å². The average molecular weight is 360 g/mol. The highest BCUT2D eigenvalue weighted by Gasteiger charge is 2.34. The van der Waals surface area contributed by atoms with Gasteiger partial charge in [0.1, 0.15) is 0 Å². The van der Waals surface area contributed by atoms with Crippen molar-refractivity contribution in [2.45, 2.75) is 59.7 Å². The first kappa shape index (κ1) is 20.4. The number of benzene rings is 1. The molecule has 0 spiro atoms. The van der Waals surface area contributed by atoms with Crippen LogP contribution in [-0.2, 0) is 16.1 Å². The maximum Gasteiger partial charge on any atom is 0.225 e. The average Bonchev–Trinajstić information content (AvgIpc) is 2.93. The molecule has 0 aromatic heterocycles. The van der Waals surface area contributed by atoms with Crippen LogP contribution in [0.4, 0.5) is 0 Å². The lowest BCUT2D eigenvalue weighted by atomic mass is 10.1. The first-order valence-electron chi connectivity index (χ1n) is 9.64. The van der Waals surface area contributed by atoms with Crippen molar-refractivity contribution in [3.05, 3.63) is 35.4 Å². The summed E-state index contributed by atoms with van der Waals surface area (Å²) in [5, 5.41) is 3.02. The molecule has 1 aromatic rings. The van der Waals surface area contributed by atoms with E-state index in [0.717, 1.165) is 12.1 Å². The van der Waals surface area contributed by atoms with Crippen LogP contribution in [0.5, 0.6) is 0 Å². The van der Waals surface area contributed by atoms with Crippen LogP contribution in [0.3, 0.4) is 0 Å². The number of hydrogen-bond acceptors (Lipinski definition) is 3. The molecule has 0 aliphatic carbocycles. The molecule has 2 rings (SSSR count). The van der Waals surface area contributed by atoms with Crippen molar-refractivity contribution >= 4 is 11.8 Å². The van der Waals surface area contributed by atoms with E-state index in [1.54, 1.807) is 4.90 Å². The molecule has 0 radical (unpaired) electrons. The largest absolute Gasteiger partial charge is 0.355 e. The van der Waals surface area contributed by atoms with Crippen molar-refractivity contribution in [3.8, 4) is 0 Å². The molecule has 144 valence electrons. The summed E-state index contributed by atoms with van der Waals surface area (Å²) in [7, 11) is 0. The highest BCUT2D eigenvalue weighted by atomic mass is 16.2. The highest BCUT2D eigenvalue weighted by molar-refractivity contribution is 5.89. The molecule has 1 atom stereocenters. The summed E-state index contributed by atoms with van der Waals surface area (Å²) in [5.74, 6) is -0.173. The van der Waals surface area contributed by atoms with Gasteiger partial charge in [-0.15, -0.1) is 0 Å². The van der Waals surface area contributed by atoms with E-state index in [1.807, 2.05) is 19.1 Å². The molecule has 1 saturated heterocycles. The number of amides is 2. The fourth-order valence-corrected chi connectivity index (χ4v) is 3.58. The van der Waals surface area contributed by atoms with Crippen LogP contribution in [0.2, 0.25) is 0 Å². The number of likely N-dealkylation sites (tertiary alicyclic amines) is 1. The fourth-order valence-electron chi connectivity index (χ4n) is 3.58. The zero-order valence-electron chi connectivity index (χ0n) is 16.8. The molecule has 1 heterocycles. The first-order chi connectivity index (χ1) is 12.3. The zero-order valence-corrected chi connectivity index (χ0v) is 16.8. The number of aryl methyl sites for hydroxylation is 1. The summed E-state index contributed by atoms with van der Waals surface area (Å²) in [4.78, 5) is 28.9. The normalized spacial score (nSPS) is 17.6. The van der Waals surface area contributed by atoms with Gasteiger partial charge in [0.05, 0.1) is 5.92 Å². The number of carbonyl (C=O) groups excluding carboxylic acids is 2. The molecule has 2 amide bonds. The molecular formula is C21H33N3O2. The third kappa shape index (κ3) is 5.56. The van der Waals surface area contributed by atoms with Gasteiger partial charge in [0.2, 0.25) is 11.8 Å². The number of nitrogens with one attached hydrogen (secondary N) is 1. The molecule has 1 aromatic carbocycles. The van der Waals surface area contributed by atoms with E-state index in [4.69, 9.17) is 0 Å². The number of rotatable bonds is 8. The molecule has 5 heteroatoms. The van der Waals surface area contributed by atoms with Crippen LogP contribution in [0.15, 0.2) is 24.3 Å². The van der Waals surface area contributed by atoms with Crippen LogP contribution in [0.1, 0.15) is 45.2 Å². The van der Waals surface area contributed by atoms with Gasteiger partial charge in [-0.3, -0.25) is 14.5 Å². The van der Waals surface area contributed by atoms with Gasteiger partial charge in [0.25, 0.3) is 0 Å². The van der Waals surface area contributed by atoms with Crippen molar-refractivity contribution in [3.63, 3.8) is 0 Å². The standard InChI is InChI=1S/C21H33N3O2/c1-15(2)24(16(3)4)11-10-22-21(26)19-12-20(25)23(14-19)13-18-8-6-17(5)7-9-18/h6-9,15-16,19H,10-14H2,1-5H3,(H,22,26)/t19-/m0/s1. The predicted octanol–water partition coefficient (Wildman–Crippen LogP) is 2.58. The van der Waals surface area contributed by atoms with E-state index < -0.39 is 0 Å². The van der Waals surface area contributed by atoms with Crippen molar-refractivity contribution in [2.24, 2.45) is 5.92 Å². The first-order valence-corrected chi connectivity index (χ1v) is 9.64. The van der Waals surface area contributed by atoms with E-state index >= 15 is 0 Å². The SMILES string of the molecule is Cc1ccc(CN2C[C@@H](C(=O)NCCN(C(C)C)C(C)C)CC2=O)cc1. The summed E-state index contributed by atoms with van der Waals surface area (Å²) in [6, 6.07) is 9.09.